The number of ether oxygens (including phenoxy) is 1. The first kappa shape index (κ1) is 10.3. The lowest BCUT2D eigenvalue weighted by Crippen LogP contribution is -2.50. The van der Waals surface area contributed by atoms with E-state index in [0.29, 0.717) is 5.56 Å². The number of rotatable bonds is 7. The van der Waals surface area contributed by atoms with Crippen LogP contribution in [0.3, 0.4) is 0 Å². The zero-order chi connectivity index (χ0) is 20.1. The second kappa shape index (κ2) is 8.01. The van der Waals surface area contributed by atoms with E-state index in [0.717, 1.165) is 0 Å². The Hall–Kier alpha value is -2.41. The van der Waals surface area contributed by atoms with Crippen LogP contribution in [0.15, 0.2) is 30.3 Å². The van der Waals surface area contributed by atoms with Crippen LogP contribution in [0, 0.1) is 0 Å². The normalized spacial score (nSPS) is 18.6. The molecule has 0 bridgehead atoms. The molecule has 114 valence electrons. The molecule has 0 saturated heterocycles. The van der Waals surface area contributed by atoms with Crippen molar-refractivity contribution in [3.8, 4) is 0 Å². The molecule has 2 unspecified atom stereocenters. The van der Waals surface area contributed by atoms with Gasteiger partial charge in [-0.3, -0.25) is 9.59 Å². The Kier molecular flexibility index (Phi) is 3.94. The standard InChI is InChI=1S/C14H18N2O5/c1-21-14(20)11(7-9-5-3-2-4-6-9)16-13(19)10(15)8-12(17)18/h2-6,10-11H,7-8,15H2,1H3,(H,16,19)(H,17,18)/i1D3,11D/hD. The molecule has 1 amide bonds. The van der Waals surface area contributed by atoms with Crippen molar-refractivity contribution >= 4 is 17.8 Å². The number of nitrogens with two attached hydrogens (primary N) is 1. The summed E-state index contributed by atoms with van der Waals surface area (Å²) in [4.78, 5) is 35.1. The van der Waals surface area contributed by atoms with Crippen molar-refractivity contribution < 1.29 is 31.1 Å². The lowest BCUT2D eigenvalue weighted by molar-refractivity contribution is -0.145. The molecule has 0 aliphatic carbocycles. The van der Waals surface area contributed by atoms with Crippen LogP contribution in [-0.2, 0) is 25.5 Å². The summed E-state index contributed by atoms with van der Waals surface area (Å²) >= 11 is 0. The minimum absolute atomic E-state index is 0.137. The van der Waals surface area contributed by atoms with Gasteiger partial charge in [-0.15, -0.1) is 0 Å². The number of amides is 1. The smallest absolute Gasteiger partial charge is 0.328 e. The fraction of sp³-hybridized carbons (Fsp3) is 0.357. The van der Waals surface area contributed by atoms with Crippen molar-refractivity contribution in [1.82, 2.24) is 5.31 Å². The van der Waals surface area contributed by atoms with E-state index in [2.05, 4.69) is 4.74 Å². The van der Waals surface area contributed by atoms with Crippen LogP contribution >= 0.6 is 0 Å². The Bertz CT molecular complexity index is 669. The summed E-state index contributed by atoms with van der Waals surface area (Å²) in [6.07, 6.45) is -1.39. The van der Waals surface area contributed by atoms with Crippen molar-refractivity contribution in [3.05, 3.63) is 35.9 Å². The number of hydrogen-bond acceptors (Lipinski definition) is 5. The molecule has 0 aliphatic rings. The number of carbonyl (C=O) groups is 3. The lowest BCUT2D eigenvalue weighted by Gasteiger charge is -2.18. The second-order valence-electron chi connectivity index (χ2n) is 4.15. The average molecular weight is 299 g/mol. The number of nitrogens with one attached hydrogen (secondary N) is 1. The third kappa shape index (κ3) is 5.62. The van der Waals surface area contributed by atoms with Gasteiger partial charge in [0.05, 0.1) is 25.0 Å². The van der Waals surface area contributed by atoms with Gasteiger partial charge in [0.25, 0.3) is 0 Å². The van der Waals surface area contributed by atoms with Crippen LogP contribution in [0.4, 0.5) is 0 Å². The Morgan fingerprint density at radius 1 is 1.48 bits per heavy atom. The van der Waals surface area contributed by atoms with Crippen LogP contribution < -0.4 is 11.0 Å². The van der Waals surface area contributed by atoms with E-state index in [1.54, 1.807) is 18.2 Å². The van der Waals surface area contributed by atoms with E-state index in [-0.39, 0.29) is 5.31 Å². The molecule has 0 fully saturated rings. The first-order valence-corrected chi connectivity index (χ1v) is 5.94. The van der Waals surface area contributed by atoms with Crippen LogP contribution in [0.25, 0.3) is 0 Å². The van der Waals surface area contributed by atoms with Gasteiger partial charge in [-0.1, -0.05) is 30.3 Å². The fourth-order valence-corrected chi connectivity index (χ4v) is 1.50. The number of carboxylic acids is 1. The largest absolute Gasteiger partial charge is 0.481 e. The molecule has 0 aliphatic heterocycles. The van der Waals surface area contributed by atoms with Crippen LogP contribution in [0.2, 0.25) is 1.41 Å². The minimum atomic E-state index is -3.19. The van der Waals surface area contributed by atoms with E-state index in [1.165, 1.54) is 12.1 Å². The second-order valence-corrected chi connectivity index (χ2v) is 4.15. The van der Waals surface area contributed by atoms with Crippen molar-refractivity contribution in [2.75, 3.05) is 7.04 Å². The maximum Gasteiger partial charge on any atom is 0.328 e. The van der Waals surface area contributed by atoms with E-state index in [9.17, 15) is 14.4 Å². The first-order valence-electron chi connectivity index (χ1n) is 8.39. The third-order valence-corrected chi connectivity index (χ3v) is 2.50. The van der Waals surface area contributed by atoms with Gasteiger partial charge in [-0.05, 0) is 5.56 Å². The molecule has 7 nitrogen and oxygen atoms in total. The number of benzene rings is 1. The minimum Gasteiger partial charge on any atom is -0.481 e. The third-order valence-electron chi connectivity index (χ3n) is 2.50. The van der Waals surface area contributed by atoms with Crippen LogP contribution in [0.5, 0.6) is 0 Å². The van der Waals surface area contributed by atoms with Gasteiger partial charge in [0.15, 0.2) is 1.41 Å². The number of carboxylic acid groups (broad SMARTS) is 1. The molecule has 1 aromatic carbocycles. The van der Waals surface area contributed by atoms with E-state index >= 15 is 0 Å². The molecule has 7 heteroatoms. The quantitative estimate of drug-likeness (QED) is 0.594. The maximum absolute atomic E-state index is 12.2. The van der Waals surface area contributed by atoms with Gasteiger partial charge in [0, 0.05) is 6.42 Å². The predicted octanol–water partition coefficient (Wildman–Crippen LogP) is -0.311. The summed E-state index contributed by atoms with van der Waals surface area (Å²) in [6.45, 7) is 0. The Labute approximate surface area is 129 Å². The summed E-state index contributed by atoms with van der Waals surface area (Å²) in [5, 5.41) is 8.55. The van der Waals surface area contributed by atoms with E-state index in [4.69, 9.17) is 17.7 Å². The number of methoxy groups -OCH3 is 1. The average Bonchev–Trinajstić information content (AvgIpc) is 2.51. The van der Waals surface area contributed by atoms with E-state index in [1.807, 2.05) is 0 Å². The molecule has 1 rings (SSSR count). The van der Waals surface area contributed by atoms with Crippen LogP contribution in [-0.4, -0.2) is 42.1 Å². The monoisotopic (exact) mass is 299 g/mol. The predicted molar refractivity (Wildman–Crippen MR) is 74.3 cm³/mol. The molecule has 0 heterocycles. The summed E-state index contributed by atoms with van der Waals surface area (Å²) in [7, 11) is -3.19. The fourth-order valence-electron chi connectivity index (χ4n) is 1.50. The molecular weight excluding hydrogens is 276 g/mol. The van der Waals surface area contributed by atoms with Crippen molar-refractivity contribution in [2.24, 2.45) is 5.73 Å². The molecule has 0 radical (unpaired) electrons. The Balaban J connectivity index is 3.19. The van der Waals surface area contributed by atoms with E-state index < -0.39 is 49.8 Å². The van der Waals surface area contributed by atoms with Crippen molar-refractivity contribution in [1.29, 1.82) is 0 Å². The summed E-state index contributed by atoms with van der Waals surface area (Å²) in [5.41, 5.74) is 5.75. The molecule has 1 aromatic rings. The highest BCUT2D eigenvalue weighted by Gasteiger charge is 2.25. The SMILES string of the molecule is [2H]N(C(=O)C(N)CC(=O)O)C([2H])(Cc1ccccc1)C(=O)OC([2H])([2H])[2H]. The Morgan fingerprint density at radius 3 is 2.71 bits per heavy atom. The van der Waals surface area contributed by atoms with Crippen molar-refractivity contribution in [3.63, 3.8) is 0 Å². The molecule has 0 saturated carbocycles. The number of hydrogen-bond donors (Lipinski definition) is 3. The number of carbonyl (C=O) groups excluding carboxylic acids is 2. The van der Waals surface area contributed by atoms with Gasteiger partial charge in [0.1, 0.15) is 6.02 Å². The van der Waals surface area contributed by atoms with Gasteiger partial charge < -0.3 is 20.9 Å². The molecular formula is C14H18N2O5. The van der Waals surface area contributed by atoms with Crippen LogP contribution in [0.1, 0.15) is 17.5 Å². The highest BCUT2D eigenvalue weighted by molar-refractivity contribution is 5.89. The zero-order valence-corrected chi connectivity index (χ0v) is 11.0. The zero-order valence-electron chi connectivity index (χ0n) is 16.0. The molecule has 4 N–H and O–H groups in total. The van der Waals surface area contributed by atoms with Gasteiger partial charge in [-0.2, -0.15) is 0 Å². The highest BCUT2D eigenvalue weighted by atomic mass is 16.5. The van der Waals surface area contributed by atoms with Gasteiger partial charge >= 0.3 is 11.9 Å². The number of esters is 1. The van der Waals surface area contributed by atoms with Crippen molar-refractivity contribution in [2.45, 2.75) is 24.9 Å². The molecule has 21 heavy (non-hydrogen) atoms. The first-order chi connectivity index (χ1) is 11.9. The maximum atomic E-state index is 12.2. The van der Waals surface area contributed by atoms with Gasteiger partial charge in [0.2, 0.25) is 5.91 Å². The molecule has 2 atom stereocenters. The highest BCUT2D eigenvalue weighted by Crippen LogP contribution is 2.05. The summed E-state index contributed by atoms with van der Waals surface area (Å²) in [6, 6.07) is 3.36. The molecule has 0 spiro atoms. The van der Waals surface area contributed by atoms with Gasteiger partial charge in [-0.25, -0.2) is 4.79 Å². The Morgan fingerprint density at radius 2 is 2.14 bits per heavy atom. The lowest BCUT2D eigenvalue weighted by atomic mass is 10.1. The topological polar surface area (TPSA) is 119 Å². The number of aliphatic carboxylic acids is 1. The molecule has 0 aromatic heterocycles. The summed E-state index contributed by atoms with van der Waals surface area (Å²) < 4.78 is 41.3. The summed E-state index contributed by atoms with van der Waals surface area (Å²) in [5.74, 6) is -4.41.